The van der Waals surface area contributed by atoms with Crippen LogP contribution in [0.3, 0.4) is 0 Å². The zero-order valence-corrected chi connectivity index (χ0v) is 18.0. The molecule has 1 unspecified atom stereocenters. The number of benzene rings is 2. The highest BCUT2D eigenvalue weighted by molar-refractivity contribution is 6.09. The minimum atomic E-state index is 0.0113. The van der Waals surface area contributed by atoms with E-state index in [1.807, 2.05) is 43.3 Å². The quantitative estimate of drug-likeness (QED) is 0.438. The molecule has 31 heavy (non-hydrogen) atoms. The fourth-order valence-corrected chi connectivity index (χ4v) is 3.89. The van der Waals surface area contributed by atoms with Crippen molar-refractivity contribution in [2.75, 3.05) is 18.9 Å². The van der Waals surface area contributed by atoms with Gasteiger partial charge in [0, 0.05) is 48.5 Å². The van der Waals surface area contributed by atoms with Crippen LogP contribution >= 0.6 is 0 Å². The summed E-state index contributed by atoms with van der Waals surface area (Å²) < 4.78 is 0. The van der Waals surface area contributed by atoms with Crippen molar-refractivity contribution in [3.63, 3.8) is 0 Å². The van der Waals surface area contributed by atoms with Crippen LogP contribution in [-0.4, -0.2) is 24.8 Å². The number of hydrogen-bond acceptors (Lipinski definition) is 7. The van der Waals surface area contributed by atoms with Gasteiger partial charge in [-0.3, -0.25) is 4.99 Å². The maximum atomic E-state index is 8.89. The molecule has 0 saturated carbocycles. The van der Waals surface area contributed by atoms with E-state index >= 15 is 0 Å². The van der Waals surface area contributed by atoms with E-state index in [0.717, 1.165) is 45.6 Å². The molecule has 7 heteroatoms. The average Bonchev–Trinajstić information content (AvgIpc) is 2.89. The Bertz CT molecular complexity index is 1050. The van der Waals surface area contributed by atoms with Gasteiger partial charge in [0.15, 0.2) is 0 Å². The summed E-state index contributed by atoms with van der Waals surface area (Å²) in [6.07, 6.45) is 4.49. The lowest BCUT2D eigenvalue weighted by Gasteiger charge is -2.22. The molecule has 0 bridgehead atoms. The highest BCUT2D eigenvalue weighted by Crippen LogP contribution is 2.36. The Labute approximate surface area is 183 Å². The van der Waals surface area contributed by atoms with E-state index in [1.165, 1.54) is 0 Å². The second kappa shape index (κ2) is 9.83. The van der Waals surface area contributed by atoms with E-state index < -0.39 is 0 Å². The number of nitrogens with two attached hydrogens (primary N) is 3. The number of hydrogen-bond donors (Lipinski definition) is 4. The number of nitrogens with one attached hydrogen (secondary N) is 1. The second-order valence-corrected chi connectivity index (χ2v) is 7.55. The van der Waals surface area contributed by atoms with Gasteiger partial charge in [-0.2, -0.15) is 5.26 Å². The minimum Gasteiger partial charge on any atom is -0.404 e. The maximum absolute atomic E-state index is 8.89. The third-order valence-corrected chi connectivity index (χ3v) is 5.36. The van der Waals surface area contributed by atoms with Crippen molar-refractivity contribution in [2.24, 2.45) is 22.3 Å². The van der Waals surface area contributed by atoms with Crippen molar-refractivity contribution in [3.05, 3.63) is 76.6 Å². The molecule has 0 radical (unpaired) electrons. The molecule has 3 rings (SSSR count). The van der Waals surface area contributed by atoms with Gasteiger partial charge in [-0.1, -0.05) is 24.3 Å². The molecule has 0 aromatic heterocycles. The van der Waals surface area contributed by atoms with Crippen LogP contribution in [0.5, 0.6) is 0 Å². The number of nitriles is 1. The van der Waals surface area contributed by atoms with Gasteiger partial charge in [0.25, 0.3) is 0 Å². The summed E-state index contributed by atoms with van der Waals surface area (Å²) in [4.78, 5) is 4.11. The first-order valence-corrected chi connectivity index (χ1v) is 10.2. The molecule has 0 fully saturated rings. The number of nitrogens with zero attached hydrogens (tertiary/aromatic N) is 3. The number of allylic oxidation sites excluding steroid dienone is 2. The molecule has 2 aromatic rings. The molecule has 7 N–H and O–H groups in total. The summed E-state index contributed by atoms with van der Waals surface area (Å²) >= 11 is 0. The Hall–Kier alpha value is -3.76. The molecule has 160 valence electrons. The summed E-state index contributed by atoms with van der Waals surface area (Å²) in [7, 11) is 1.72. The van der Waals surface area contributed by atoms with Gasteiger partial charge >= 0.3 is 0 Å². The van der Waals surface area contributed by atoms with Gasteiger partial charge in [0.2, 0.25) is 0 Å². The first-order chi connectivity index (χ1) is 15.0. The summed E-state index contributed by atoms with van der Waals surface area (Å²) in [5.74, 6) is 6.36. The summed E-state index contributed by atoms with van der Waals surface area (Å²) in [5.41, 5.74) is 19.4. The van der Waals surface area contributed by atoms with E-state index in [0.29, 0.717) is 18.7 Å². The fourth-order valence-electron chi connectivity index (χ4n) is 3.89. The van der Waals surface area contributed by atoms with Crippen molar-refractivity contribution in [1.82, 2.24) is 5.01 Å². The molecular formula is C24H29N7. The predicted molar refractivity (Wildman–Crippen MR) is 127 cm³/mol. The number of aliphatic imine (C=N–C) groups is 1. The standard InChI is InChI=1S/C24H29N7/c1-16(27)24-21-8-5-18(19(14-26)15-29-2)13-22(21)23(10-12-31(24)28)30-20-6-3-17(4-7-20)9-11-25/h3-8,13-15,23,30H,9-10,12,26-28H2,1-2H3/b19-14?,24-16-,29-15?. The smallest absolute Gasteiger partial charge is 0.0777 e. The van der Waals surface area contributed by atoms with Crippen molar-refractivity contribution < 1.29 is 0 Å². The van der Waals surface area contributed by atoms with Crippen molar-refractivity contribution in [3.8, 4) is 6.07 Å². The van der Waals surface area contributed by atoms with Crippen LogP contribution in [0.15, 0.2) is 59.4 Å². The lowest BCUT2D eigenvalue weighted by atomic mass is 9.92. The molecule has 1 aliphatic heterocycles. The van der Waals surface area contributed by atoms with Crippen molar-refractivity contribution in [2.45, 2.75) is 25.8 Å². The molecular weight excluding hydrogens is 386 g/mol. The highest BCUT2D eigenvalue weighted by Gasteiger charge is 2.26. The zero-order chi connectivity index (χ0) is 22.4. The molecule has 0 amide bonds. The Morgan fingerprint density at radius 3 is 2.65 bits per heavy atom. The van der Waals surface area contributed by atoms with E-state index in [-0.39, 0.29) is 6.04 Å². The summed E-state index contributed by atoms with van der Waals surface area (Å²) in [6, 6.07) is 16.3. The molecule has 0 aliphatic carbocycles. The van der Waals surface area contributed by atoms with Gasteiger partial charge in [0.05, 0.1) is 24.2 Å². The van der Waals surface area contributed by atoms with Gasteiger partial charge in [-0.25, -0.2) is 5.84 Å². The largest absolute Gasteiger partial charge is 0.404 e. The highest BCUT2D eigenvalue weighted by atomic mass is 15.4. The van der Waals surface area contributed by atoms with Gasteiger partial charge in [-0.15, -0.1) is 0 Å². The summed E-state index contributed by atoms with van der Waals surface area (Å²) in [5, 5.41) is 14.2. The van der Waals surface area contributed by atoms with Gasteiger partial charge in [0.1, 0.15) is 0 Å². The predicted octanol–water partition coefficient (Wildman–Crippen LogP) is 3.13. The Morgan fingerprint density at radius 2 is 2.03 bits per heavy atom. The lowest BCUT2D eigenvalue weighted by Crippen LogP contribution is -2.31. The van der Waals surface area contributed by atoms with Crippen LogP contribution in [-0.2, 0) is 6.42 Å². The van der Waals surface area contributed by atoms with Gasteiger partial charge < -0.3 is 21.8 Å². The third-order valence-electron chi connectivity index (χ3n) is 5.36. The van der Waals surface area contributed by atoms with Crippen LogP contribution < -0.4 is 22.6 Å². The Morgan fingerprint density at radius 1 is 1.29 bits per heavy atom. The molecule has 1 atom stereocenters. The first-order valence-electron chi connectivity index (χ1n) is 10.2. The minimum absolute atomic E-state index is 0.0113. The number of rotatable bonds is 5. The van der Waals surface area contributed by atoms with Crippen LogP contribution in [0.25, 0.3) is 11.3 Å². The van der Waals surface area contributed by atoms with Crippen LogP contribution in [0.2, 0.25) is 0 Å². The van der Waals surface area contributed by atoms with E-state index in [9.17, 15) is 0 Å². The van der Waals surface area contributed by atoms with Crippen molar-refractivity contribution >= 4 is 23.2 Å². The molecule has 0 spiro atoms. The van der Waals surface area contributed by atoms with Crippen LogP contribution in [0, 0.1) is 11.3 Å². The number of hydrazine groups is 1. The van der Waals surface area contributed by atoms with E-state index in [4.69, 9.17) is 22.6 Å². The van der Waals surface area contributed by atoms with E-state index in [1.54, 1.807) is 24.5 Å². The molecule has 7 nitrogen and oxygen atoms in total. The molecule has 2 aromatic carbocycles. The normalized spacial score (nSPS) is 18.3. The number of anilines is 1. The first kappa shape index (κ1) is 21.9. The van der Waals surface area contributed by atoms with Crippen molar-refractivity contribution in [1.29, 1.82) is 5.26 Å². The molecule has 1 aliphatic rings. The average molecular weight is 416 g/mol. The van der Waals surface area contributed by atoms with Gasteiger partial charge in [-0.05, 0) is 48.2 Å². The second-order valence-electron chi connectivity index (χ2n) is 7.55. The zero-order valence-electron chi connectivity index (χ0n) is 18.0. The summed E-state index contributed by atoms with van der Waals surface area (Å²) in [6.45, 7) is 2.51. The molecule has 1 heterocycles. The fraction of sp³-hybridized carbons (Fsp3) is 0.250. The monoisotopic (exact) mass is 415 g/mol. The Kier molecular flexibility index (Phi) is 6.96. The van der Waals surface area contributed by atoms with Crippen LogP contribution in [0.1, 0.15) is 41.6 Å². The van der Waals surface area contributed by atoms with E-state index in [2.05, 4.69) is 22.4 Å². The topological polar surface area (TPSA) is 129 Å². The number of fused-ring (bicyclic) bond motifs is 1. The Balaban J connectivity index is 2.07. The lowest BCUT2D eigenvalue weighted by molar-refractivity contribution is 0.402. The van der Waals surface area contributed by atoms with Crippen LogP contribution in [0.4, 0.5) is 5.69 Å². The maximum Gasteiger partial charge on any atom is 0.0777 e. The SMILES string of the molecule is CN=CC(=CN)c1ccc2c(c1)C(Nc1ccc(CC#N)cc1)CCN(N)/C2=C(/C)N. The third kappa shape index (κ3) is 4.87. The molecule has 0 saturated heterocycles.